The van der Waals surface area contributed by atoms with Gasteiger partial charge in [-0.05, 0) is 47.9 Å². The van der Waals surface area contributed by atoms with Crippen molar-refractivity contribution in [2.75, 3.05) is 11.9 Å². The predicted octanol–water partition coefficient (Wildman–Crippen LogP) is 4.35. The second-order valence-corrected chi connectivity index (χ2v) is 10.2. The third kappa shape index (κ3) is 3.60. The SMILES string of the molecule is O=C(Nc1ccc2ccccc2c1)C1CCCN1S(=O)(=O)c1ccc(Cl)s1. The van der Waals surface area contributed by atoms with Gasteiger partial charge in [0.1, 0.15) is 10.3 Å². The van der Waals surface area contributed by atoms with Gasteiger partial charge in [-0.2, -0.15) is 4.31 Å². The van der Waals surface area contributed by atoms with E-state index in [1.54, 1.807) is 6.07 Å². The lowest BCUT2D eigenvalue weighted by Crippen LogP contribution is -2.42. The molecular weight excluding hydrogens is 404 g/mol. The van der Waals surface area contributed by atoms with Gasteiger partial charge in [-0.1, -0.05) is 41.9 Å². The highest BCUT2D eigenvalue weighted by Gasteiger charge is 2.40. The van der Waals surface area contributed by atoms with Crippen molar-refractivity contribution in [3.8, 4) is 0 Å². The fourth-order valence-corrected chi connectivity index (χ4v) is 6.60. The van der Waals surface area contributed by atoms with Gasteiger partial charge in [0.15, 0.2) is 0 Å². The molecule has 1 aliphatic heterocycles. The third-order valence-electron chi connectivity index (χ3n) is 4.63. The molecule has 0 aliphatic carbocycles. The van der Waals surface area contributed by atoms with Crippen LogP contribution in [0.5, 0.6) is 0 Å². The normalized spacial score (nSPS) is 18.0. The minimum atomic E-state index is -3.73. The summed E-state index contributed by atoms with van der Waals surface area (Å²) in [5, 5.41) is 4.96. The first kappa shape index (κ1) is 18.4. The van der Waals surface area contributed by atoms with Gasteiger partial charge in [0.05, 0.1) is 4.34 Å². The van der Waals surface area contributed by atoms with Gasteiger partial charge in [-0.25, -0.2) is 8.42 Å². The van der Waals surface area contributed by atoms with Crippen LogP contribution in [0.1, 0.15) is 12.8 Å². The van der Waals surface area contributed by atoms with Crippen LogP contribution in [0, 0.1) is 0 Å². The Balaban J connectivity index is 1.56. The molecule has 1 unspecified atom stereocenters. The van der Waals surface area contributed by atoms with E-state index < -0.39 is 16.1 Å². The molecule has 0 saturated carbocycles. The quantitative estimate of drug-likeness (QED) is 0.682. The molecular formula is C19H17ClN2O3S2. The van der Waals surface area contributed by atoms with E-state index >= 15 is 0 Å². The second kappa shape index (κ2) is 7.24. The van der Waals surface area contributed by atoms with E-state index in [1.807, 2.05) is 42.5 Å². The lowest BCUT2D eigenvalue weighted by atomic mass is 10.1. The Bertz CT molecular complexity index is 1110. The molecule has 1 aliphatic rings. The number of carbonyl (C=O) groups excluding carboxylic acids is 1. The predicted molar refractivity (Wildman–Crippen MR) is 109 cm³/mol. The molecule has 4 rings (SSSR count). The number of fused-ring (bicyclic) bond motifs is 1. The van der Waals surface area contributed by atoms with Crippen LogP contribution < -0.4 is 5.32 Å². The fraction of sp³-hybridized carbons (Fsp3) is 0.211. The number of hydrogen-bond acceptors (Lipinski definition) is 4. The lowest BCUT2D eigenvalue weighted by molar-refractivity contribution is -0.119. The largest absolute Gasteiger partial charge is 0.325 e. The molecule has 2 heterocycles. The molecule has 1 atom stereocenters. The Morgan fingerprint density at radius 2 is 1.89 bits per heavy atom. The Morgan fingerprint density at radius 3 is 2.63 bits per heavy atom. The number of nitrogens with zero attached hydrogens (tertiary/aromatic N) is 1. The van der Waals surface area contributed by atoms with Crippen molar-refractivity contribution < 1.29 is 13.2 Å². The van der Waals surface area contributed by atoms with Gasteiger partial charge in [0.25, 0.3) is 10.0 Å². The minimum Gasteiger partial charge on any atom is -0.325 e. The third-order valence-corrected chi connectivity index (χ3v) is 8.24. The average Bonchev–Trinajstić information content (AvgIpc) is 3.31. The summed E-state index contributed by atoms with van der Waals surface area (Å²) >= 11 is 6.89. The van der Waals surface area contributed by atoms with Crippen LogP contribution in [0.4, 0.5) is 5.69 Å². The maximum absolute atomic E-state index is 12.9. The number of anilines is 1. The molecule has 1 fully saturated rings. The van der Waals surface area contributed by atoms with E-state index in [2.05, 4.69) is 5.32 Å². The minimum absolute atomic E-state index is 0.165. The average molecular weight is 421 g/mol. The zero-order valence-corrected chi connectivity index (χ0v) is 16.7. The summed E-state index contributed by atoms with van der Waals surface area (Å²) in [6.07, 6.45) is 1.14. The van der Waals surface area contributed by atoms with Gasteiger partial charge in [-0.3, -0.25) is 4.79 Å². The van der Waals surface area contributed by atoms with E-state index in [0.29, 0.717) is 29.4 Å². The number of carbonyl (C=O) groups is 1. The number of sulfonamides is 1. The molecule has 1 saturated heterocycles. The van der Waals surface area contributed by atoms with Crippen molar-refractivity contribution >= 4 is 55.3 Å². The van der Waals surface area contributed by atoms with Crippen LogP contribution >= 0.6 is 22.9 Å². The molecule has 2 aromatic carbocycles. The lowest BCUT2D eigenvalue weighted by Gasteiger charge is -2.22. The standard InChI is InChI=1S/C19H17ClN2O3S2/c20-17-9-10-18(26-17)27(24,25)22-11-3-6-16(22)19(23)21-15-8-7-13-4-1-2-5-14(13)12-15/h1-2,4-5,7-10,12,16H,3,6,11H2,(H,21,23). The van der Waals surface area contributed by atoms with Crippen molar-refractivity contribution in [2.45, 2.75) is 23.1 Å². The van der Waals surface area contributed by atoms with E-state index in [1.165, 1.54) is 10.4 Å². The second-order valence-electron chi connectivity index (χ2n) is 6.38. The highest BCUT2D eigenvalue weighted by atomic mass is 35.5. The summed E-state index contributed by atoms with van der Waals surface area (Å²) in [6.45, 7) is 0.327. The van der Waals surface area contributed by atoms with Crippen LogP contribution in [0.15, 0.2) is 58.8 Å². The number of rotatable bonds is 4. The Kier molecular flexibility index (Phi) is 4.94. The van der Waals surface area contributed by atoms with Crippen molar-refractivity contribution in [2.24, 2.45) is 0 Å². The fourth-order valence-electron chi connectivity index (χ4n) is 3.33. The number of benzene rings is 2. The molecule has 0 bridgehead atoms. The van der Waals surface area contributed by atoms with Crippen molar-refractivity contribution in [3.05, 3.63) is 58.9 Å². The summed E-state index contributed by atoms with van der Waals surface area (Å²) < 4.78 is 27.6. The van der Waals surface area contributed by atoms with Gasteiger partial charge in [0.2, 0.25) is 5.91 Å². The van der Waals surface area contributed by atoms with Gasteiger partial charge in [-0.15, -0.1) is 11.3 Å². The van der Waals surface area contributed by atoms with Gasteiger partial charge in [0, 0.05) is 12.2 Å². The first-order valence-corrected chi connectivity index (χ1v) is 11.2. The molecule has 0 radical (unpaired) electrons. The number of hydrogen-bond donors (Lipinski definition) is 1. The summed E-state index contributed by atoms with van der Waals surface area (Å²) in [5.41, 5.74) is 0.655. The van der Waals surface area contributed by atoms with Crippen LogP contribution in [0.25, 0.3) is 10.8 Å². The highest BCUT2D eigenvalue weighted by molar-refractivity contribution is 7.91. The summed E-state index contributed by atoms with van der Waals surface area (Å²) in [4.78, 5) is 12.8. The summed E-state index contributed by atoms with van der Waals surface area (Å²) in [7, 11) is -3.73. The first-order valence-electron chi connectivity index (χ1n) is 8.52. The molecule has 0 spiro atoms. The van der Waals surface area contributed by atoms with E-state index in [9.17, 15) is 13.2 Å². The zero-order valence-electron chi connectivity index (χ0n) is 14.3. The summed E-state index contributed by atoms with van der Waals surface area (Å²) in [6, 6.07) is 15.8. The molecule has 8 heteroatoms. The molecule has 3 aromatic rings. The van der Waals surface area contributed by atoms with Crippen LogP contribution in [-0.4, -0.2) is 31.2 Å². The molecule has 1 aromatic heterocycles. The highest BCUT2D eigenvalue weighted by Crippen LogP contribution is 2.32. The van der Waals surface area contributed by atoms with E-state index in [-0.39, 0.29) is 10.1 Å². The Morgan fingerprint density at radius 1 is 1.11 bits per heavy atom. The Labute approximate surface area is 166 Å². The molecule has 1 amide bonds. The number of thiophene rings is 1. The Hall–Kier alpha value is -1.93. The van der Waals surface area contributed by atoms with Gasteiger partial charge < -0.3 is 5.32 Å². The zero-order chi connectivity index (χ0) is 19.0. The molecule has 27 heavy (non-hydrogen) atoms. The van der Waals surface area contributed by atoms with Crippen molar-refractivity contribution in [1.82, 2.24) is 4.31 Å². The van der Waals surface area contributed by atoms with Gasteiger partial charge >= 0.3 is 0 Å². The number of nitrogens with one attached hydrogen (secondary N) is 1. The summed E-state index contributed by atoms with van der Waals surface area (Å²) in [5.74, 6) is -0.311. The molecule has 140 valence electrons. The molecule has 1 N–H and O–H groups in total. The number of halogens is 1. The number of amides is 1. The van der Waals surface area contributed by atoms with Crippen molar-refractivity contribution in [1.29, 1.82) is 0 Å². The van der Waals surface area contributed by atoms with E-state index in [0.717, 1.165) is 22.1 Å². The van der Waals surface area contributed by atoms with Crippen molar-refractivity contribution in [3.63, 3.8) is 0 Å². The maximum atomic E-state index is 12.9. The first-order chi connectivity index (χ1) is 12.9. The van der Waals surface area contributed by atoms with Crippen LogP contribution in [-0.2, 0) is 14.8 Å². The monoisotopic (exact) mass is 420 g/mol. The smallest absolute Gasteiger partial charge is 0.253 e. The van der Waals surface area contributed by atoms with Crippen LogP contribution in [0.2, 0.25) is 4.34 Å². The molecule has 5 nitrogen and oxygen atoms in total. The topological polar surface area (TPSA) is 66.5 Å². The van der Waals surface area contributed by atoms with E-state index in [4.69, 9.17) is 11.6 Å². The maximum Gasteiger partial charge on any atom is 0.253 e. The van der Waals surface area contributed by atoms with Crippen LogP contribution in [0.3, 0.4) is 0 Å².